The number of aliphatic hydroxyl groups excluding tert-OH is 6. The van der Waals surface area contributed by atoms with E-state index >= 15 is 0 Å². The number of ether oxygens (including phenoxy) is 3. The van der Waals surface area contributed by atoms with Crippen molar-refractivity contribution in [2.45, 2.75) is 91.6 Å². The maximum Gasteiger partial charge on any atom is 0.143 e. The van der Waals surface area contributed by atoms with Gasteiger partial charge >= 0.3 is 0 Å². The molecule has 0 aliphatic heterocycles. The van der Waals surface area contributed by atoms with Crippen molar-refractivity contribution in [2.24, 2.45) is 0 Å². The Labute approximate surface area is 177 Å². The van der Waals surface area contributed by atoms with Crippen LogP contribution in [0.3, 0.4) is 0 Å². The Kier molecular flexibility index (Phi) is 40.2. The van der Waals surface area contributed by atoms with Crippen molar-refractivity contribution < 1.29 is 44.8 Å². The number of aliphatic hydroxyl groups is 6. The quantitative estimate of drug-likeness (QED) is 0.234. The highest BCUT2D eigenvalue weighted by Crippen LogP contribution is 1.95. The van der Waals surface area contributed by atoms with Crippen molar-refractivity contribution in [2.75, 3.05) is 40.0 Å². The molecule has 0 saturated carbocycles. The summed E-state index contributed by atoms with van der Waals surface area (Å²) in [4.78, 5) is 0. The molecule has 4 atom stereocenters. The molecule has 0 saturated heterocycles. The molecule has 0 aromatic heterocycles. The maximum atomic E-state index is 8.95. The molecule has 29 heavy (non-hydrogen) atoms. The zero-order valence-corrected chi connectivity index (χ0v) is 19.3. The van der Waals surface area contributed by atoms with E-state index in [-0.39, 0.29) is 45.6 Å². The summed E-state index contributed by atoms with van der Waals surface area (Å²) >= 11 is 0. The lowest BCUT2D eigenvalue weighted by Crippen LogP contribution is -2.21. The molecule has 0 rings (SSSR count). The highest BCUT2D eigenvalue weighted by molar-refractivity contribution is 4.50. The first-order valence-corrected chi connectivity index (χ1v) is 10.3. The van der Waals surface area contributed by atoms with Gasteiger partial charge < -0.3 is 44.8 Å². The molecule has 0 spiro atoms. The smallest absolute Gasteiger partial charge is 0.143 e. The molecular formula is C20H48O9. The Morgan fingerprint density at radius 2 is 0.966 bits per heavy atom. The van der Waals surface area contributed by atoms with Gasteiger partial charge in [-0.05, 0) is 40.0 Å². The first kappa shape index (κ1) is 36.0. The molecule has 0 aromatic carbocycles. The summed E-state index contributed by atoms with van der Waals surface area (Å²) in [5.74, 6) is 0. The molecule has 0 amide bonds. The second kappa shape index (κ2) is 32.3. The van der Waals surface area contributed by atoms with Gasteiger partial charge in [0.05, 0.1) is 38.1 Å². The van der Waals surface area contributed by atoms with Crippen LogP contribution in [-0.4, -0.2) is 95.1 Å². The number of hydrogen-bond donors (Lipinski definition) is 6. The predicted octanol–water partition coefficient (Wildman–Crippen LogP) is 1.02. The van der Waals surface area contributed by atoms with Crippen molar-refractivity contribution in [1.29, 1.82) is 0 Å². The van der Waals surface area contributed by atoms with Crippen LogP contribution in [0.1, 0.15) is 67.2 Å². The largest absolute Gasteiger partial charge is 0.393 e. The molecule has 9 nitrogen and oxygen atoms in total. The highest BCUT2D eigenvalue weighted by Gasteiger charge is 2.02. The van der Waals surface area contributed by atoms with E-state index in [4.69, 9.17) is 35.4 Å². The minimum atomic E-state index is -0.632. The Morgan fingerprint density at radius 3 is 1.24 bits per heavy atom. The van der Waals surface area contributed by atoms with Gasteiger partial charge in [-0.2, -0.15) is 0 Å². The van der Waals surface area contributed by atoms with Crippen LogP contribution in [0.25, 0.3) is 0 Å². The van der Waals surface area contributed by atoms with E-state index < -0.39 is 12.2 Å². The SMILES string of the molecule is CCC(C)O.CCC(C)O.CCCC(O)COCO.CCOCC(O)COCO. The van der Waals surface area contributed by atoms with Gasteiger partial charge in [-0.3, -0.25) is 0 Å². The summed E-state index contributed by atoms with van der Waals surface area (Å²) in [6.07, 6.45) is 2.12. The zero-order chi connectivity index (χ0) is 23.5. The lowest BCUT2D eigenvalue weighted by Gasteiger charge is -2.08. The van der Waals surface area contributed by atoms with Crippen molar-refractivity contribution in [3.63, 3.8) is 0 Å². The molecule has 9 heteroatoms. The Hall–Kier alpha value is -0.360. The average Bonchev–Trinajstić information content (AvgIpc) is 2.70. The van der Waals surface area contributed by atoms with Crippen LogP contribution in [0.4, 0.5) is 0 Å². The maximum absolute atomic E-state index is 8.95. The van der Waals surface area contributed by atoms with Gasteiger partial charge in [0.25, 0.3) is 0 Å². The van der Waals surface area contributed by atoms with E-state index in [1.54, 1.807) is 13.8 Å². The van der Waals surface area contributed by atoms with Crippen LogP contribution < -0.4 is 0 Å². The monoisotopic (exact) mass is 432 g/mol. The molecule has 4 unspecified atom stereocenters. The second-order valence-corrected chi connectivity index (χ2v) is 6.27. The standard InChI is InChI=1S/C6H14O4.C6H14O3.2C4H10O/c1-2-9-3-6(8)4-10-5-7;1-2-3-6(8)4-9-5-7;2*1-3-4(2)5/h6-8H,2-5H2,1H3;6-8H,2-5H2,1H3;2*4-5H,3H2,1-2H3. The second-order valence-electron chi connectivity index (χ2n) is 6.27. The molecule has 182 valence electrons. The van der Waals surface area contributed by atoms with Gasteiger partial charge in [-0.25, -0.2) is 0 Å². The molecule has 0 radical (unpaired) electrons. The Balaban J connectivity index is -0.000000151. The molecule has 0 aliphatic rings. The normalized spacial score (nSPS) is 14.1. The number of hydrogen-bond acceptors (Lipinski definition) is 9. The van der Waals surface area contributed by atoms with E-state index in [1.807, 2.05) is 27.7 Å². The van der Waals surface area contributed by atoms with E-state index in [0.29, 0.717) is 6.61 Å². The average molecular weight is 433 g/mol. The third kappa shape index (κ3) is 52.3. The Morgan fingerprint density at radius 1 is 0.621 bits per heavy atom. The third-order valence-corrected chi connectivity index (χ3v) is 3.12. The summed E-state index contributed by atoms with van der Waals surface area (Å²) in [6, 6.07) is 0. The molecule has 0 aliphatic carbocycles. The minimum absolute atomic E-state index is 0.116. The van der Waals surface area contributed by atoms with Crippen LogP contribution in [0.5, 0.6) is 0 Å². The highest BCUT2D eigenvalue weighted by atomic mass is 16.6. The van der Waals surface area contributed by atoms with E-state index in [0.717, 1.165) is 25.7 Å². The summed E-state index contributed by atoms with van der Waals surface area (Å²) in [5, 5.41) is 50.9. The first-order chi connectivity index (χ1) is 13.7. The van der Waals surface area contributed by atoms with Crippen LogP contribution >= 0.6 is 0 Å². The lowest BCUT2D eigenvalue weighted by atomic mass is 10.2. The van der Waals surface area contributed by atoms with Crippen LogP contribution in [0, 0.1) is 0 Å². The van der Waals surface area contributed by atoms with Gasteiger partial charge in [0.2, 0.25) is 0 Å². The van der Waals surface area contributed by atoms with Gasteiger partial charge in [0.1, 0.15) is 19.7 Å². The fraction of sp³-hybridized carbons (Fsp3) is 1.00. The fourth-order valence-electron chi connectivity index (χ4n) is 1.10. The minimum Gasteiger partial charge on any atom is -0.393 e. The molecule has 0 heterocycles. The van der Waals surface area contributed by atoms with Gasteiger partial charge in [-0.1, -0.05) is 27.2 Å². The first-order valence-electron chi connectivity index (χ1n) is 10.3. The van der Waals surface area contributed by atoms with E-state index in [9.17, 15) is 0 Å². The van der Waals surface area contributed by atoms with Crippen molar-refractivity contribution in [3.8, 4) is 0 Å². The molecule has 6 N–H and O–H groups in total. The molecule has 0 bridgehead atoms. The van der Waals surface area contributed by atoms with Gasteiger partial charge in [0.15, 0.2) is 0 Å². The van der Waals surface area contributed by atoms with Crippen LogP contribution in [0.15, 0.2) is 0 Å². The molecular weight excluding hydrogens is 384 g/mol. The zero-order valence-electron chi connectivity index (χ0n) is 19.3. The number of rotatable bonds is 13. The summed E-state index contributed by atoms with van der Waals surface area (Å²) < 4.78 is 14.0. The van der Waals surface area contributed by atoms with Gasteiger partial charge in [0, 0.05) is 6.61 Å². The van der Waals surface area contributed by atoms with Crippen molar-refractivity contribution in [3.05, 3.63) is 0 Å². The van der Waals surface area contributed by atoms with Crippen molar-refractivity contribution in [1.82, 2.24) is 0 Å². The van der Waals surface area contributed by atoms with Crippen LogP contribution in [-0.2, 0) is 14.2 Å². The summed E-state index contributed by atoms with van der Waals surface area (Å²) in [6.45, 7) is 11.8. The molecule has 0 fully saturated rings. The molecule has 0 aromatic rings. The summed E-state index contributed by atoms with van der Waals surface area (Å²) in [5.41, 5.74) is 0. The lowest BCUT2D eigenvalue weighted by molar-refractivity contribution is -0.0626. The van der Waals surface area contributed by atoms with Gasteiger partial charge in [-0.15, -0.1) is 0 Å². The Bertz CT molecular complexity index is 238. The van der Waals surface area contributed by atoms with E-state index in [2.05, 4.69) is 9.47 Å². The third-order valence-electron chi connectivity index (χ3n) is 3.12. The van der Waals surface area contributed by atoms with Crippen molar-refractivity contribution >= 4 is 0 Å². The predicted molar refractivity (Wildman–Crippen MR) is 113 cm³/mol. The fourth-order valence-corrected chi connectivity index (χ4v) is 1.10. The van der Waals surface area contributed by atoms with Crippen LogP contribution in [0.2, 0.25) is 0 Å². The summed E-state index contributed by atoms with van der Waals surface area (Å²) in [7, 11) is 0. The topological polar surface area (TPSA) is 149 Å². The van der Waals surface area contributed by atoms with E-state index in [1.165, 1.54) is 0 Å².